The molecule has 170 valence electrons. The predicted molar refractivity (Wildman–Crippen MR) is 127 cm³/mol. The topological polar surface area (TPSA) is 76.9 Å². The molecule has 0 amide bonds. The standard InChI is InChI=1S/C25H32N4O2S/c1-16-17(2)19(4)25(20(5)18(16)3)32(30,31)27-14-15-29-23-9-7-6-8-22(23)24(28-29)21-10-12-26-13-11-21/h10-13,27H,6-9,14-15H2,1-5H3. The zero-order valence-corrected chi connectivity index (χ0v) is 20.4. The van der Waals surface area contributed by atoms with E-state index in [4.69, 9.17) is 5.10 Å². The van der Waals surface area contributed by atoms with Gasteiger partial charge in [-0.2, -0.15) is 5.10 Å². The van der Waals surface area contributed by atoms with E-state index in [-0.39, 0.29) is 0 Å². The molecule has 1 aliphatic carbocycles. The number of aromatic nitrogens is 3. The summed E-state index contributed by atoms with van der Waals surface area (Å²) in [6.45, 7) is 10.6. The van der Waals surface area contributed by atoms with Crippen molar-refractivity contribution in [2.24, 2.45) is 0 Å². The second-order valence-corrected chi connectivity index (χ2v) is 10.5. The number of sulfonamides is 1. The first-order valence-electron chi connectivity index (χ1n) is 11.3. The summed E-state index contributed by atoms with van der Waals surface area (Å²) in [4.78, 5) is 4.53. The lowest BCUT2D eigenvalue weighted by Gasteiger charge is -2.19. The lowest BCUT2D eigenvalue weighted by molar-refractivity contribution is 0.538. The smallest absolute Gasteiger partial charge is 0.241 e. The van der Waals surface area contributed by atoms with Crippen LogP contribution in [0.2, 0.25) is 0 Å². The molecule has 0 unspecified atom stereocenters. The van der Waals surface area contributed by atoms with Gasteiger partial charge in [-0.15, -0.1) is 0 Å². The van der Waals surface area contributed by atoms with E-state index in [1.807, 2.05) is 44.5 Å². The highest BCUT2D eigenvalue weighted by atomic mass is 32.2. The molecule has 0 aliphatic heterocycles. The van der Waals surface area contributed by atoms with Gasteiger partial charge in [0.05, 0.1) is 17.1 Å². The molecule has 1 aliphatic rings. The number of nitrogens with one attached hydrogen (secondary N) is 1. The van der Waals surface area contributed by atoms with Crippen molar-refractivity contribution in [1.29, 1.82) is 0 Å². The normalized spacial score (nSPS) is 13.9. The van der Waals surface area contributed by atoms with E-state index in [1.165, 1.54) is 11.3 Å². The van der Waals surface area contributed by atoms with Crippen LogP contribution in [0, 0.1) is 34.6 Å². The highest BCUT2D eigenvalue weighted by molar-refractivity contribution is 7.89. The second-order valence-electron chi connectivity index (χ2n) is 8.79. The Labute approximate surface area is 191 Å². The number of pyridine rings is 1. The number of nitrogens with zero attached hydrogens (tertiary/aromatic N) is 3. The highest BCUT2D eigenvalue weighted by Crippen LogP contribution is 2.31. The van der Waals surface area contributed by atoms with Gasteiger partial charge in [0.1, 0.15) is 0 Å². The summed E-state index contributed by atoms with van der Waals surface area (Å²) in [5.74, 6) is 0. The Hall–Kier alpha value is -2.51. The number of fused-ring (bicyclic) bond motifs is 1. The maximum atomic E-state index is 13.2. The number of benzene rings is 1. The average Bonchev–Trinajstić information content (AvgIpc) is 3.15. The minimum Gasteiger partial charge on any atom is -0.267 e. The molecular formula is C25H32N4O2S. The van der Waals surface area contributed by atoms with Crippen LogP contribution in [0.5, 0.6) is 0 Å². The third kappa shape index (κ3) is 3.99. The van der Waals surface area contributed by atoms with Crippen molar-refractivity contribution >= 4 is 10.0 Å². The van der Waals surface area contributed by atoms with Crippen LogP contribution >= 0.6 is 0 Å². The molecule has 0 bridgehead atoms. The minimum atomic E-state index is -3.62. The third-order valence-electron chi connectivity index (χ3n) is 7.03. The van der Waals surface area contributed by atoms with E-state index in [9.17, 15) is 8.42 Å². The lowest BCUT2D eigenvalue weighted by Crippen LogP contribution is -2.30. The molecular weight excluding hydrogens is 420 g/mol. The fraction of sp³-hybridized carbons (Fsp3) is 0.440. The first-order chi connectivity index (χ1) is 15.2. The summed E-state index contributed by atoms with van der Waals surface area (Å²) in [7, 11) is -3.62. The molecule has 2 aromatic heterocycles. The Morgan fingerprint density at radius 3 is 2.16 bits per heavy atom. The van der Waals surface area contributed by atoms with Crippen molar-refractivity contribution in [2.75, 3.05) is 6.54 Å². The zero-order chi connectivity index (χ0) is 23.0. The Morgan fingerprint density at radius 1 is 0.906 bits per heavy atom. The maximum absolute atomic E-state index is 13.2. The molecule has 3 aromatic rings. The molecule has 7 heteroatoms. The largest absolute Gasteiger partial charge is 0.267 e. The van der Waals surface area contributed by atoms with E-state index in [1.54, 1.807) is 12.4 Å². The van der Waals surface area contributed by atoms with Gasteiger partial charge in [-0.1, -0.05) is 0 Å². The van der Waals surface area contributed by atoms with E-state index in [2.05, 4.69) is 16.6 Å². The van der Waals surface area contributed by atoms with Crippen LogP contribution in [0.4, 0.5) is 0 Å². The van der Waals surface area contributed by atoms with Crippen molar-refractivity contribution < 1.29 is 8.42 Å². The number of hydrogen-bond donors (Lipinski definition) is 1. The van der Waals surface area contributed by atoms with Gasteiger partial charge in [0.25, 0.3) is 0 Å². The van der Waals surface area contributed by atoms with Gasteiger partial charge < -0.3 is 0 Å². The first kappa shape index (κ1) is 22.7. The highest BCUT2D eigenvalue weighted by Gasteiger charge is 2.25. The van der Waals surface area contributed by atoms with E-state index in [0.29, 0.717) is 18.0 Å². The molecule has 1 aromatic carbocycles. The summed E-state index contributed by atoms with van der Waals surface area (Å²) in [5, 5.41) is 4.88. The SMILES string of the molecule is Cc1c(C)c(C)c(S(=O)(=O)NCCn2nc(-c3ccncc3)c3c2CCCC3)c(C)c1C. The molecule has 0 saturated carbocycles. The van der Waals surface area contributed by atoms with Gasteiger partial charge in [-0.25, -0.2) is 13.1 Å². The maximum Gasteiger partial charge on any atom is 0.241 e. The van der Waals surface area contributed by atoms with Crippen molar-refractivity contribution in [3.63, 3.8) is 0 Å². The Bertz CT molecular complexity index is 1230. The van der Waals surface area contributed by atoms with Gasteiger partial charge in [-0.3, -0.25) is 9.67 Å². The van der Waals surface area contributed by atoms with Gasteiger partial charge >= 0.3 is 0 Å². The monoisotopic (exact) mass is 452 g/mol. The van der Waals surface area contributed by atoms with Crippen LogP contribution in [0.1, 0.15) is 51.9 Å². The van der Waals surface area contributed by atoms with Crippen LogP contribution in [0.25, 0.3) is 11.3 Å². The molecule has 0 fully saturated rings. The summed E-state index contributed by atoms with van der Waals surface area (Å²) < 4.78 is 31.3. The van der Waals surface area contributed by atoms with Gasteiger partial charge in [-0.05, 0) is 100 Å². The molecule has 0 saturated heterocycles. The molecule has 4 rings (SSSR count). The zero-order valence-electron chi connectivity index (χ0n) is 19.6. The van der Waals surface area contributed by atoms with E-state index < -0.39 is 10.0 Å². The first-order valence-corrected chi connectivity index (χ1v) is 12.8. The molecule has 32 heavy (non-hydrogen) atoms. The quantitative estimate of drug-likeness (QED) is 0.603. The average molecular weight is 453 g/mol. The van der Waals surface area contributed by atoms with Crippen molar-refractivity contribution in [3.8, 4) is 11.3 Å². The predicted octanol–water partition coefficient (Wildman–Crippen LogP) is 4.34. The molecule has 6 nitrogen and oxygen atoms in total. The van der Waals surface area contributed by atoms with Crippen molar-refractivity contribution in [1.82, 2.24) is 19.5 Å². The van der Waals surface area contributed by atoms with Gasteiger partial charge in [0.15, 0.2) is 0 Å². The fourth-order valence-electron chi connectivity index (χ4n) is 4.82. The summed E-state index contributed by atoms with van der Waals surface area (Å²) in [5.41, 5.74) is 9.48. The number of hydrogen-bond acceptors (Lipinski definition) is 4. The minimum absolute atomic E-state index is 0.303. The molecule has 0 spiro atoms. The number of rotatable bonds is 6. The van der Waals surface area contributed by atoms with Gasteiger partial charge in [0.2, 0.25) is 10.0 Å². The Morgan fingerprint density at radius 2 is 1.50 bits per heavy atom. The summed E-state index contributed by atoms with van der Waals surface area (Å²) in [6.07, 6.45) is 7.87. The lowest BCUT2D eigenvalue weighted by atomic mass is 9.94. The van der Waals surface area contributed by atoms with Crippen molar-refractivity contribution in [3.05, 3.63) is 63.6 Å². The fourth-order valence-corrected chi connectivity index (χ4v) is 6.44. The van der Waals surface area contributed by atoms with E-state index in [0.717, 1.165) is 64.8 Å². The second kappa shape index (κ2) is 8.79. The van der Waals surface area contributed by atoms with Crippen LogP contribution in [0.15, 0.2) is 29.4 Å². The van der Waals surface area contributed by atoms with Crippen LogP contribution in [0.3, 0.4) is 0 Å². The van der Waals surface area contributed by atoms with Crippen LogP contribution < -0.4 is 4.72 Å². The Kier molecular flexibility index (Phi) is 6.23. The molecule has 0 atom stereocenters. The molecule has 0 radical (unpaired) electrons. The Balaban J connectivity index is 1.59. The molecule has 1 N–H and O–H groups in total. The van der Waals surface area contributed by atoms with E-state index >= 15 is 0 Å². The molecule has 2 heterocycles. The summed E-state index contributed by atoms with van der Waals surface area (Å²) in [6, 6.07) is 3.97. The van der Waals surface area contributed by atoms with Gasteiger partial charge in [0, 0.05) is 35.8 Å². The van der Waals surface area contributed by atoms with Crippen molar-refractivity contribution in [2.45, 2.75) is 71.7 Å². The summed E-state index contributed by atoms with van der Waals surface area (Å²) >= 11 is 0. The van der Waals surface area contributed by atoms with Crippen LogP contribution in [-0.4, -0.2) is 29.7 Å². The third-order valence-corrected chi connectivity index (χ3v) is 8.76. The van der Waals surface area contributed by atoms with Crippen LogP contribution in [-0.2, 0) is 29.4 Å².